The number of Topliss-reactive ketones (excluding diaryl/α,β-unsaturated/α-hetero) is 1. The Morgan fingerprint density at radius 3 is 2.50 bits per heavy atom. The van der Waals surface area contributed by atoms with Crippen LogP contribution in [0.2, 0.25) is 0 Å². The molecule has 110 valence electrons. The van der Waals surface area contributed by atoms with E-state index in [1.54, 1.807) is 6.07 Å². The molecule has 1 aromatic rings. The molecular formula is C15H17F3O2. The van der Waals surface area contributed by atoms with Gasteiger partial charge in [-0.1, -0.05) is 37.8 Å². The average Bonchev–Trinajstić information content (AvgIpc) is 2.88. The summed E-state index contributed by atoms with van der Waals surface area (Å²) in [6, 6.07) is 5.54. The molecule has 2 rings (SSSR count). The Labute approximate surface area is 115 Å². The van der Waals surface area contributed by atoms with Crippen LogP contribution in [-0.2, 0) is 0 Å². The van der Waals surface area contributed by atoms with Gasteiger partial charge in [0.15, 0.2) is 5.78 Å². The number of alkyl halides is 3. The predicted molar refractivity (Wildman–Crippen MR) is 68.6 cm³/mol. The molecule has 0 aliphatic heterocycles. The fourth-order valence-corrected chi connectivity index (χ4v) is 2.68. The molecule has 0 saturated heterocycles. The number of para-hydroxylation sites is 1. The van der Waals surface area contributed by atoms with E-state index >= 15 is 0 Å². The van der Waals surface area contributed by atoms with Gasteiger partial charge >= 0.3 is 6.36 Å². The number of ketones is 1. The smallest absolute Gasteiger partial charge is 0.405 e. The second kappa shape index (κ2) is 6.29. The molecule has 0 radical (unpaired) electrons. The number of hydrogen-bond donors (Lipinski definition) is 0. The number of ether oxygens (including phenoxy) is 1. The van der Waals surface area contributed by atoms with Gasteiger partial charge in [-0.3, -0.25) is 4.79 Å². The lowest BCUT2D eigenvalue weighted by Crippen LogP contribution is -2.19. The molecule has 1 saturated carbocycles. The SMILES string of the molecule is O=C(CCC1CCCC1)c1ccccc1OC(F)(F)F. The third-order valence-electron chi connectivity index (χ3n) is 3.67. The van der Waals surface area contributed by atoms with E-state index in [2.05, 4.69) is 4.74 Å². The molecule has 0 amide bonds. The minimum absolute atomic E-state index is 0.0165. The maximum absolute atomic E-state index is 12.3. The summed E-state index contributed by atoms with van der Waals surface area (Å²) in [5, 5.41) is 0. The summed E-state index contributed by atoms with van der Waals surface area (Å²) < 4.78 is 40.8. The highest BCUT2D eigenvalue weighted by Crippen LogP contribution is 2.31. The second-order valence-electron chi connectivity index (χ2n) is 5.16. The Morgan fingerprint density at radius 2 is 1.85 bits per heavy atom. The molecule has 0 heterocycles. The minimum Gasteiger partial charge on any atom is -0.405 e. The van der Waals surface area contributed by atoms with Crippen LogP contribution >= 0.6 is 0 Å². The van der Waals surface area contributed by atoms with Crippen LogP contribution in [0.3, 0.4) is 0 Å². The maximum atomic E-state index is 12.3. The zero-order chi connectivity index (χ0) is 14.6. The first-order chi connectivity index (χ1) is 9.46. The quantitative estimate of drug-likeness (QED) is 0.731. The molecule has 2 nitrogen and oxygen atoms in total. The minimum atomic E-state index is -4.78. The number of rotatable bonds is 5. The molecule has 0 unspecified atom stereocenters. The molecule has 0 bridgehead atoms. The summed E-state index contributed by atoms with van der Waals surface area (Å²) in [6.45, 7) is 0. The van der Waals surface area contributed by atoms with Crippen LogP contribution in [0.1, 0.15) is 48.9 Å². The highest BCUT2D eigenvalue weighted by Gasteiger charge is 2.32. The number of carbonyl (C=O) groups excluding carboxylic acids is 1. The van der Waals surface area contributed by atoms with Gasteiger partial charge in [0.05, 0.1) is 5.56 Å². The molecule has 1 aromatic carbocycles. The van der Waals surface area contributed by atoms with Crippen molar-refractivity contribution in [1.82, 2.24) is 0 Å². The lowest BCUT2D eigenvalue weighted by molar-refractivity contribution is -0.274. The summed E-state index contributed by atoms with van der Waals surface area (Å²) in [5.74, 6) is -0.150. The van der Waals surface area contributed by atoms with Crippen LogP contribution in [0, 0.1) is 5.92 Å². The van der Waals surface area contributed by atoms with Gasteiger partial charge in [0, 0.05) is 6.42 Å². The molecule has 0 spiro atoms. The monoisotopic (exact) mass is 286 g/mol. The van der Waals surface area contributed by atoms with Crippen molar-refractivity contribution in [2.75, 3.05) is 0 Å². The van der Waals surface area contributed by atoms with Crippen LogP contribution in [0.15, 0.2) is 24.3 Å². The molecule has 20 heavy (non-hydrogen) atoms. The lowest BCUT2D eigenvalue weighted by atomic mass is 9.97. The highest BCUT2D eigenvalue weighted by atomic mass is 19.4. The topological polar surface area (TPSA) is 26.3 Å². The average molecular weight is 286 g/mol. The molecule has 0 atom stereocenters. The number of carbonyl (C=O) groups is 1. The lowest BCUT2D eigenvalue weighted by Gasteiger charge is -2.13. The zero-order valence-corrected chi connectivity index (χ0v) is 11.1. The molecule has 1 aliphatic rings. The Kier molecular flexibility index (Phi) is 4.68. The fourth-order valence-electron chi connectivity index (χ4n) is 2.68. The number of hydrogen-bond acceptors (Lipinski definition) is 2. The van der Waals surface area contributed by atoms with E-state index in [0.29, 0.717) is 5.92 Å². The predicted octanol–water partition coefficient (Wildman–Crippen LogP) is 4.74. The first kappa shape index (κ1) is 14.9. The molecule has 1 aliphatic carbocycles. The summed E-state index contributed by atoms with van der Waals surface area (Å²) in [5.41, 5.74) is 0.0165. The zero-order valence-electron chi connectivity index (χ0n) is 11.1. The largest absolute Gasteiger partial charge is 0.573 e. The van der Waals surface area contributed by atoms with Crippen LogP contribution < -0.4 is 4.74 Å². The van der Waals surface area contributed by atoms with Gasteiger partial charge in [0.2, 0.25) is 0 Å². The third kappa shape index (κ3) is 4.25. The van der Waals surface area contributed by atoms with Crippen molar-refractivity contribution in [3.63, 3.8) is 0 Å². The van der Waals surface area contributed by atoms with E-state index in [1.807, 2.05) is 0 Å². The van der Waals surface area contributed by atoms with Crippen LogP contribution in [0.5, 0.6) is 5.75 Å². The van der Waals surface area contributed by atoms with Crippen LogP contribution in [0.4, 0.5) is 13.2 Å². The maximum Gasteiger partial charge on any atom is 0.573 e. The highest BCUT2D eigenvalue weighted by molar-refractivity contribution is 5.98. The van der Waals surface area contributed by atoms with Crippen LogP contribution in [0.25, 0.3) is 0 Å². The first-order valence-corrected chi connectivity index (χ1v) is 6.83. The Hall–Kier alpha value is -1.52. The molecule has 0 aromatic heterocycles. The molecule has 1 fully saturated rings. The number of halogens is 3. The Bertz CT molecular complexity index is 462. The van der Waals surface area contributed by atoms with E-state index in [4.69, 9.17) is 0 Å². The fraction of sp³-hybridized carbons (Fsp3) is 0.533. The van der Waals surface area contributed by atoms with Crippen molar-refractivity contribution in [2.24, 2.45) is 5.92 Å². The van der Waals surface area contributed by atoms with E-state index < -0.39 is 12.1 Å². The summed E-state index contributed by atoms with van der Waals surface area (Å²) in [6.07, 6.45) is 0.866. The van der Waals surface area contributed by atoms with Gasteiger partial charge < -0.3 is 4.74 Å². The van der Waals surface area contributed by atoms with Crippen molar-refractivity contribution in [3.05, 3.63) is 29.8 Å². The van der Waals surface area contributed by atoms with E-state index in [-0.39, 0.29) is 17.8 Å². The summed E-state index contributed by atoms with van der Waals surface area (Å²) in [7, 11) is 0. The standard InChI is InChI=1S/C15H17F3O2/c16-15(17,18)20-14-8-4-3-7-12(14)13(19)10-9-11-5-1-2-6-11/h3-4,7-8,11H,1-2,5-6,9-10H2. The van der Waals surface area contributed by atoms with Gasteiger partial charge in [0.1, 0.15) is 5.75 Å². The van der Waals surface area contributed by atoms with E-state index in [9.17, 15) is 18.0 Å². The first-order valence-electron chi connectivity index (χ1n) is 6.83. The molecule has 5 heteroatoms. The van der Waals surface area contributed by atoms with Gasteiger partial charge in [-0.2, -0.15) is 0 Å². The third-order valence-corrected chi connectivity index (χ3v) is 3.67. The van der Waals surface area contributed by atoms with E-state index in [0.717, 1.165) is 19.3 Å². The van der Waals surface area contributed by atoms with Crippen molar-refractivity contribution in [3.8, 4) is 5.75 Å². The molecular weight excluding hydrogens is 269 g/mol. The Morgan fingerprint density at radius 1 is 1.20 bits per heavy atom. The van der Waals surface area contributed by atoms with E-state index in [1.165, 1.54) is 31.0 Å². The van der Waals surface area contributed by atoms with Crippen molar-refractivity contribution in [2.45, 2.75) is 44.9 Å². The van der Waals surface area contributed by atoms with Gasteiger partial charge in [-0.15, -0.1) is 13.2 Å². The number of benzene rings is 1. The van der Waals surface area contributed by atoms with Gasteiger partial charge in [0.25, 0.3) is 0 Å². The molecule has 0 N–H and O–H groups in total. The summed E-state index contributed by atoms with van der Waals surface area (Å²) >= 11 is 0. The van der Waals surface area contributed by atoms with Gasteiger partial charge in [-0.25, -0.2) is 0 Å². The second-order valence-corrected chi connectivity index (χ2v) is 5.16. The summed E-state index contributed by atoms with van der Waals surface area (Å²) in [4.78, 5) is 12.1. The van der Waals surface area contributed by atoms with Crippen molar-refractivity contribution < 1.29 is 22.7 Å². The Balaban J connectivity index is 2.01. The van der Waals surface area contributed by atoms with Gasteiger partial charge in [-0.05, 0) is 24.5 Å². The normalized spacial score (nSPS) is 16.4. The van der Waals surface area contributed by atoms with Crippen molar-refractivity contribution >= 4 is 5.78 Å². The van der Waals surface area contributed by atoms with Crippen LogP contribution in [-0.4, -0.2) is 12.1 Å². The van der Waals surface area contributed by atoms with Crippen molar-refractivity contribution in [1.29, 1.82) is 0 Å².